The summed E-state index contributed by atoms with van der Waals surface area (Å²) in [5.41, 5.74) is 7.08. The minimum absolute atomic E-state index is 0.386. The minimum atomic E-state index is -0.386. The number of hydrogen-bond acceptors (Lipinski definition) is 6. The van der Waals surface area contributed by atoms with Crippen LogP contribution < -0.4 is 10.6 Å². The van der Waals surface area contributed by atoms with Crippen LogP contribution >= 0.6 is 0 Å². The average Bonchev–Trinajstić information content (AvgIpc) is 2.98. The molecule has 1 aromatic carbocycles. The molecule has 1 saturated heterocycles. The molecule has 2 heterocycles. The number of ether oxygens (including phenoxy) is 1. The molecule has 2 N–H and O–H groups in total. The van der Waals surface area contributed by atoms with E-state index in [9.17, 15) is 0 Å². The fourth-order valence-electron chi connectivity index (χ4n) is 2.04. The Labute approximate surface area is 111 Å². The molecule has 100 valence electrons. The summed E-state index contributed by atoms with van der Waals surface area (Å²) in [6.45, 7) is 2.90. The molecule has 6 nitrogen and oxygen atoms in total. The highest BCUT2D eigenvalue weighted by Crippen LogP contribution is 2.21. The lowest BCUT2D eigenvalue weighted by Crippen LogP contribution is -2.36. The third-order valence-corrected chi connectivity index (χ3v) is 3.14. The first-order valence-electron chi connectivity index (χ1n) is 6.31. The van der Waals surface area contributed by atoms with Crippen molar-refractivity contribution in [3.8, 4) is 0 Å². The van der Waals surface area contributed by atoms with Gasteiger partial charge in [0.05, 0.1) is 13.2 Å². The number of aromatic nitrogens is 2. The number of nitrogens with two attached hydrogens (primary N) is 1. The fraction of sp³-hybridized carbons (Fsp3) is 0.385. The summed E-state index contributed by atoms with van der Waals surface area (Å²) in [7, 11) is 0. The molecule has 0 bridgehead atoms. The molecular weight excluding hydrogens is 244 g/mol. The SMILES string of the molecule is NC(c1ccccc1)c1nnc(N2CCOCC2)o1. The van der Waals surface area contributed by atoms with E-state index in [0.717, 1.165) is 18.7 Å². The molecule has 3 rings (SSSR count). The van der Waals surface area contributed by atoms with Crippen molar-refractivity contribution >= 4 is 6.01 Å². The van der Waals surface area contributed by atoms with Gasteiger partial charge in [-0.3, -0.25) is 0 Å². The number of benzene rings is 1. The van der Waals surface area contributed by atoms with Crippen LogP contribution in [0.25, 0.3) is 0 Å². The van der Waals surface area contributed by atoms with E-state index in [4.69, 9.17) is 14.9 Å². The Bertz CT molecular complexity index is 522. The first-order valence-corrected chi connectivity index (χ1v) is 6.31. The standard InChI is InChI=1S/C13H16N4O2/c14-11(10-4-2-1-3-5-10)12-15-16-13(19-12)17-6-8-18-9-7-17/h1-5,11H,6-9,14H2. The van der Waals surface area contributed by atoms with E-state index in [1.165, 1.54) is 0 Å². The highest BCUT2D eigenvalue weighted by Gasteiger charge is 2.20. The number of anilines is 1. The number of rotatable bonds is 3. The maximum Gasteiger partial charge on any atom is 0.318 e. The van der Waals surface area contributed by atoms with Crippen LogP contribution in [0.1, 0.15) is 17.5 Å². The first-order chi connectivity index (χ1) is 9.34. The van der Waals surface area contributed by atoms with E-state index in [-0.39, 0.29) is 6.04 Å². The molecule has 6 heteroatoms. The van der Waals surface area contributed by atoms with Crippen LogP contribution in [0.15, 0.2) is 34.7 Å². The molecule has 0 spiro atoms. The van der Waals surface area contributed by atoms with Crippen LogP contribution in [0, 0.1) is 0 Å². The Morgan fingerprint density at radius 2 is 1.84 bits per heavy atom. The van der Waals surface area contributed by atoms with Crippen LogP contribution in [0.2, 0.25) is 0 Å². The highest BCUT2D eigenvalue weighted by atomic mass is 16.5. The number of hydrogen-bond donors (Lipinski definition) is 1. The molecule has 0 radical (unpaired) electrons. The Morgan fingerprint density at radius 1 is 1.11 bits per heavy atom. The van der Waals surface area contributed by atoms with E-state index in [2.05, 4.69) is 10.2 Å². The summed E-state index contributed by atoms with van der Waals surface area (Å²) in [5, 5.41) is 8.10. The second kappa shape index (κ2) is 5.38. The summed E-state index contributed by atoms with van der Waals surface area (Å²) in [4.78, 5) is 2.01. The van der Waals surface area contributed by atoms with E-state index >= 15 is 0 Å². The molecule has 1 aliphatic rings. The monoisotopic (exact) mass is 260 g/mol. The summed E-state index contributed by atoms with van der Waals surface area (Å²) >= 11 is 0. The smallest absolute Gasteiger partial charge is 0.318 e. The van der Waals surface area contributed by atoms with Crippen LogP contribution in [0.4, 0.5) is 6.01 Å². The van der Waals surface area contributed by atoms with Gasteiger partial charge in [0.15, 0.2) is 0 Å². The van der Waals surface area contributed by atoms with Crippen molar-refractivity contribution in [2.24, 2.45) is 5.73 Å². The van der Waals surface area contributed by atoms with Gasteiger partial charge in [-0.2, -0.15) is 0 Å². The molecule has 1 aliphatic heterocycles. The van der Waals surface area contributed by atoms with Crippen molar-refractivity contribution in [3.63, 3.8) is 0 Å². The molecule has 0 saturated carbocycles. The minimum Gasteiger partial charge on any atom is -0.406 e. The maximum absolute atomic E-state index is 6.12. The number of morpholine rings is 1. The summed E-state index contributed by atoms with van der Waals surface area (Å²) < 4.78 is 11.0. The van der Waals surface area contributed by atoms with E-state index in [1.54, 1.807) is 0 Å². The van der Waals surface area contributed by atoms with Crippen LogP contribution in [-0.2, 0) is 4.74 Å². The van der Waals surface area contributed by atoms with E-state index < -0.39 is 0 Å². The van der Waals surface area contributed by atoms with Gasteiger partial charge in [0.2, 0.25) is 5.89 Å². The van der Waals surface area contributed by atoms with Gasteiger partial charge in [-0.25, -0.2) is 0 Å². The predicted octanol–water partition coefficient (Wildman–Crippen LogP) is 0.954. The maximum atomic E-state index is 6.12. The predicted molar refractivity (Wildman–Crippen MR) is 69.8 cm³/mol. The quantitative estimate of drug-likeness (QED) is 0.885. The fourth-order valence-corrected chi connectivity index (χ4v) is 2.04. The molecule has 1 atom stereocenters. The van der Waals surface area contributed by atoms with Gasteiger partial charge in [-0.15, -0.1) is 5.10 Å². The largest absolute Gasteiger partial charge is 0.406 e. The Balaban J connectivity index is 1.77. The zero-order valence-electron chi connectivity index (χ0n) is 10.5. The molecule has 1 unspecified atom stereocenters. The van der Waals surface area contributed by atoms with Crippen LogP contribution in [-0.4, -0.2) is 36.5 Å². The lowest BCUT2D eigenvalue weighted by Gasteiger charge is -2.24. The molecule has 19 heavy (non-hydrogen) atoms. The van der Waals surface area contributed by atoms with Gasteiger partial charge in [0.1, 0.15) is 6.04 Å². The molecule has 2 aromatic rings. The second-order valence-electron chi connectivity index (χ2n) is 4.41. The van der Waals surface area contributed by atoms with Gasteiger partial charge in [0.25, 0.3) is 0 Å². The van der Waals surface area contributed by atoms with E-state index in [1.807, 2.05) is 35.2 Å². The summed E-state index contributed by atoms with van der Waals surface area (Å²) in [6.07, 6.45) is 0. The Morgan fingerprint density at radius 3 is 2.58 bits per heavy atom. The Hall–Kier alpha value is -1.92. The molecule has 0 aliphatic carbocycles. The zero-order valence-corrected chi connectivity index (χ0v) is 10.5. The van der Waals surface area contributed by atoms with Gasteiger partial charge in [-0.05, 0) is 5.56 Å². The molecular formula is C13H16N4O2. The first kappa shape index (κ1) is 12.1. The summed E-state index contributed by atoms with van der Waals surface area (Å²) in [5.74, 6) is 0.438. The van der Waals surface area contributed by atoms with Crippen molar-refractivity contribution in [3.05, 3.63) is 41.8 Å². The normalized spacial score (nSPS) is 17.4. The third-order valence-electron chi connectivity index (χ3n) is 3.14. The van der Waals surface area contributed by atoms with Crippen molar-refractivity contribution in [1.29, 1.82) is 0 Å². The lowest BCUT2D eigenvalue weighted by molar-refractivity contribution is 0.120. The van der Waals surface area contributed by atoms with Crippen LogP contribution in [0.3, 0.4) is 0 Å². The Kier molecular flexibility index (Phi) is 3.43. The van der Waals surface area contributed by atoms with Gasteiger partial charge >= 0.3 is 6.01 Å². The van der Waals surface area contributed by atoms with E-state index in [0.29, 0.717) is 25.1 Å². The van der Waals surface area contributed by atoms with Crippen molar-refractivity contribution in [2.75, 3.05) is 31.2 Å². The third kappa shape index (κ3) is 2.59. The second-order valence-corrected chi connectivity index (χ2v) is 4.41. The van der Waals surface area contributed by atoms with Crippen molar-refractivity contribution in [2.45, 2.75) is 6.04 Å². The van der Waals surface area contributed by atoms with Crippen molar-refractivity contribution < 1.29 is 9.15 Å². The molecule has 0 amide bonds. The lowest BCUT2D eigenvalue weighted by atomic mass is 10.1. The van der Waals surface area contributed by atoms with Gasteiger partial charge in [-0.1, -0.05) is 35.4 Å². The number of nitrogens with zero attached hydrogens (tertiary/aromatic N) is 3. The molecule has 1 aromatic heterocycles. The highest BCUT2D eigenvalue weighted by molar-refractivity contribution is 5.28. The summed E-state index contributed by atoms with van der Waals surface area (Å²) in [6, 6.07) is 9.85. The zero-order chi connectivity index (χ0) is 13.1. The van der Waals surface area contributed by atoms with Crippen LogP contribution in [0.5, 0.6) is 0 Å². The topological polar surface area (TPSA) is 77.4 Å². The van der Waals surface area contributed by atoms with Crippen molar-refractivity contribution in [1.82, 2.24) is 10.2 Å². The molecule has 1 fully saturated rings. The average molecular weight is 260 g/mol. The van der Waals surface area contributed by atoms with Gasteiger partial charge in [0, 0.05) is 13.1 Å². The van der Waals surface area contributed by atoms with Gasteiger partial charge < -0.3 is 19.8 Å².